The van der Waals surface area contributed by atoms with Crippen LogP contribution in [0.4, 0.5) is 4.39 Å². The van der Waals surface area contributed by atoms with Gasteiger partial charge in [-0.3, -0.25) is 4.99 Å². The van der Waals surface area contributed by atoms with E-state index < -0.39 is 11.8 Å². The number of nitrogens with zero attached hydrogens (tertiary/aromatic N) is 1. The van der Waals surface area contributed by atoms with Crippen LogP contribution in [0.2, 0.25) is 0 Å². The van der Waals surface area contributed by atoms with Gasteiger partial charge in [-0.15, -0.1) is 0 Å². The van der Waals surface area contributed by atoms with Crippen LogP contribution in [-0.2, 0) is 4.74 Å². The zero-order chi connectivity index (χ0) is 14.3. The third kappa shape index (κ3) is 3.61. The summed E-state index contributed by atoms with van der Waals surface area (Å²) in [5.74, 6) is -1.32. The maximum atomic E-state index is 13.9. The molecular weight excluding hydrogens is 245 g/mol. The largest absolute Gasteiger partial charge is 0.462 e. The van der Waals surface area contributed by atoms with Gasteiger partial charge in [-0.2, -0.15) is 0 Å². The van der Waals surface area contributed by atoms with Crippen LogP contribution in [0.15, 0.2) is 48.1 Å². The fourth-order valence-electron chi connectivity index (χ4n) is 1.61. The molecule has 100 valence electrons. The number of halogens is 1. The molecule has 0 heterocycles. The molecule has 0 amide bonds. The summed E-state index contributed by atoms with van der Waals surface area (Å²) in [6.07, 6.45) is 4.77. The van der Waals surface area contributed by atoms with E-state index in [9.17, 15) is 9.18 Å². The van der Waals surface area contributed by atoms with Gasteiger partial charge in [0.25, 0.3) is 0 Å². The first kappa shape index (κ1) is 14.8. The first-order valence-corrected chi connectivity index (χ1v) is 5.93. The molecule has 0 radical (unpaired) electrons. The molecule has 0 aliphatic heterocycles. The maximum Gasteiger partial charge on any atom is 0.341 e. The highest BCUT2D eigenvalue weighted by molar-refractivity contribution is 6.14. The highest BCUT2D eigenvalue weighted by atomic mass is 19.1. The lowest BCUT2D eigenvalue weighted by Crippen LogP contribution is -2.13. The van der Waals surface area contributed by atoms with E-state index in [1.165, 1.54) is 18.3 Å². The van der Waals surface area contributed by atoms with E-state index in [1.54, 1.807) is 25.1 Å². The Hall–Kier alpha value is -2.23. The van der Waals surface area contributed by atoms with Crippen molar-refractivity contribution in [1.29, 1.82) is 0 Å². The molecule has 0 spiro atoms. The van der Waals surface area contributed by atoms with Gasteiger partial charge >= 0.3 is 5.97 Å². The monoisotopic (exact) mass is 261 g/mol. The lowest BCUT2D eigenvalue weighted by Gasteiger charge is -2.09. The normalized spacial score (nSPS) is 11.6. The molecule has 0 aliphatic carbocycles. The molecule has 19 heavy (non-hydrogen) atoms. The summed E-state index contributed by atoms with van der Waals surface area (Å²) in [7, 11) is 0. The van der Waals surface area contributed by atoms with Crippen molar-refractivity contribution in [2.24, 2.45) is 4.99 Å². The van der Waals surface area contributed by atoms with Crippen LogP contribution < -0.4 is 0 Å². The highest BCUT2D eigenvalue weighted by Crippen LogP contribution is 2.17. The molecule has 0 unspecified atom stereocenters. The summed E-state index contributed by atoms with van der Waals surface area (Å²) < 4.78 is 18.7. The highest BCUT2D eigenvalue weighted by Gasteiger charge is 2.19. The van der Waals surface area contributed by atoms with Crippen LogP contribution in [0.5, 0.6) is 0 Å². The van der Waals surface area contributed by atoms with Gasteiger partial charge in [-0.25, -0.2) is 9.18 Å². The summed E-state index contributed by atoms with van der Waals surface area (Å²) in [5, 5.41) is 0. The predicted octanol–water partition coefficient (Wildman–Crippen LogP) is 3.51. The number of carbonyl (C=O) groups is 1. The van der Waals surface area contributed by atoms with E-state index >= 15 is 0 Å². The molecule has 3 nitrogen and oxygen atoms in total. The van der Waals surface area contributed by atoms with Crippen LogP contribution in [0, 0.1) is 5.82 Å². The Labute approximate surface area is 112 Å². The first-order chi connectivity index (χ1) is 9.15. The molecule has 0 N–H and O–H groups in total. The van der Waals surface area contributed by atoms with Gasteiger partial charge in [0.1, 0.15) is 11.4 Å². The minimum atomic E-state index is -0.697. The quantitative estimate of drug-likeness (QED) is 0.601. The molecular formula is C15H16FNO2. The molecule has 0 saturated heterocycles. The van der Waals surface area contributed by atoms with Gasteiger partial charge in [0.15, 0.2) is 0 Å². The minimum Gasteiger partial charge on any atom is -0.462 e. The molecule has 4 heteroatoms. The second-order valence-corrected chi connectivity index (χ2v) is 3.58. The predicted molar refractivity (Wildman–Crippen MR) is 73.9 cm³/mol. The average molecular weight is 261 g/mol. The van der Waals surface area contributed by atoms with Crippen LogP contribution in [0.3, 0.4) is 0 Å². The zero-order valence-corrected chi connectivity index (χ0v) is 11.0. The number of esters is 1. The van der Waals surface area contributed by atoms with Gasteiger partial charge in [0.05, 0.1) is 12.3 Å². The Bertz CT molecular complexity index is 533. The summed E-state index contributed by atoms with van der Waals surface area (Å²) in [6.45, 7) is 7.17. The molecule has 0 aliphatic rings. The molecule has 0 saturated carbocycles. The van der Waals surface area contributed by atoms with E-state index in [-0.39, 0.29) is 12.2 Å². The van der Waals surface area contributed by atoms with Gasteiger partial charge in [-0.1, -0.05) is 24.8 Å². The number of benzene rings is 1. The Balaban J connectivity index is 3.42. The molecule has 1 aromatic rings. The van der Waals surface area contributed by atoms with Crippen molar-refractivity contribution >= 4 is 11.7 Å². The number of hydrogen-bond donors (Lipinski definition) is 0. The Morgan fingerprint density at radius 1 is 1.53 bits per heavy atom. The summed E-state index contributed by atoms with van der Waals surface area (Å²) in [6, 6.07) is 4.37. The summed E-state index contributed by atoms with van der Waals surface area (Å²) >= 11 is 0. The van der Waals surface area contributed by atoms with Gasteiger partial charge in [0.2, 0.25) is 0 Å². The first-order valence-electron chi connectivity index (χ1n) is 5.93. The Morgan fingerprint density at radius 3 is 2.84 bits per heavy atom. The fourth-order valence-corrected chi connectivity index (χ4v) is 1.61. The van der Waals surface area contributed by atoms with Crippen LogP contribution in [0.1, 0.15) is 29.8 Å². The molecule has 0 aromatic heterocycles. The van der Waals surface area contributed by atoms with Crippen LogP contribution >= 0.6 is 0 Å². The molecule has 0 fully saturated rings. The third-order valence-corrected chi connectivity index (χ3v) is 2.32. The van der Waals surface area contributed by atoms with Crippen molar-refractivity contribution < 1.29 is 13.9 Å². The van der Waals surface area contributed by atoms with Crippen molar-refractivity contribution in [1.82, 2.24) is 0 Å². The molecule has 0 atom stereocenters. The van der Waals surface area contributed by atoms with Crippen molar-refractivity contribution in [2.45, 2.75) is 13.8 Å². The van der Waals surface area contributed by atoms with Gasteiger partial charge in [-0.05, 0) is 26.0 Å². The number of aliphatic imine (C=N–C) groups is 1. The van der Waals surface area contributed by atoms with Crippen LogP contribution in [0.25, 0.3) is 0 Å². The second-order valence-electron chi connectivity index (χ2n) is 3.58. The smallest absolute Gasteiger partial charge is 0.341 e. The van der Waals surface area contributed by atoms with E-state index in [1.807, 2.05) is 6.92 Å². The van der Waals surface area contributed by atoms with Gasteiger partial charge < -0.3 is 4.74 Å². The van der Waals surface area contributed by atoms with Crippen molar-refractivity contribution in [3.63, 3.8) is 0 Å². The topological polar surface area (TPSA) is 38.7 Å². The van der Waals surface area contributed by atoms with E-state index in [4.69, 9.17) is 4.74 Å². The zero-order valence-electron chi connectivity index (χ0n) is 11.0. The van der Waals surface area contributed by atoms with Gasteiger partial charge in [0, 0.05) is 11.8 Å². The lowest BCUT2D eigenvalue weighted by atomic mass is 10.0. The van der Waals surface area contributed by atoms with Crippen molar-refractivity contribution in [3.8, 4) is 0 Å². The number of hydrogen-bond acceptors (Lipinski definition) is 3. The van der Waals surface area contributed by atoms with E-state index in [0.29, 0.717) is 11.3 Å². The fraction of sp³-hybridized carbons (Fsp3) is 0.200. The van der Waals surface area contributed by atoms with E-state index in [2.05, 4.69) is 11.6 Å². The Morgan fingerprint density at radius 2 is 2.26 bits per heavy atom. The molecule has 1 rings (SSSR count). The minimum absolute atomic E-state index is 0.108. The molecule has 0 bridgehead atoms. The average Bonchev–Trinajstić information content (AvgIpc) is 2.38. The Kier molecular flexibility index (Phi) is 5.67. The summed E-state index contributed by atoms with van der Waals surface area (Å²) in [5.41, 5.74) is 0.736. The third-order valence-electron chi connectivity index (χ3n) is 2.32. The maximum absolute atomic E-state index is 13.9. The molecule has 1 aromatic carbocycles. The second kappa shape index (κ2) is 7.26. The summed E-state index contributed by atoms with van der Waals surface area (Å²) in [4.78, 5) is 15.9. The number of rotatable bonds is 5. The number of ether oxygens (including phenoxy) is 1. The van der Waals surface area contributed by atoms with E-state index in [0.717, 1.165) is 0 Å². The lowest BCUT2D eigenvalue weighted by molar-refractivity contribution is 0.0521. The number of carbonyl (C=O) groups excluding carboxylic acids is 1. The van der Waals surface area contributed by atoms with Crippen molar-refractivity contribution in [2.75, 3.05) is 6.61 Å². The number of allylic oxidation sites excluding steroid dienone is 2. The van der Waals surface area contributed by atoms with Crippen LogP contribution in [-0.4, -0.2) is 18.3 Å². The van der Waals surface area contributed by atoms with Crippen molar-refractivity contribution in [3.05, 3.63) is 60.1 Å². The SMILES string of the molecule is C=CN=C(/C=C\C)c1cccc(F)c1C(=O)OCC. The standard InChI is InChI=1S/C15H16FNO2/c1-4-8-13(17-5-2)11-9-7-10-12(16)14(11)15(18)19-6-3/h4-5,7-10H,2,6H2,1,3H3/b8-4-,17-13?.